The molecule has 4 aromatic rings. The minimum absolute atomic E-state index is 0.0889. The molecule has 0 saturated heterocycles. The molecule has 32 heavy (non-hydrogen) atoms. The van der Waals surface area contributed by atoms with Crippen LogP contribution in [0, 0.1) is 13.8 Å². The SMILES string of the molecule is CCn1nc(-c2ccccc2)c(-c2ccccc2)c(C(=O)Nc2cc(C)cc(C)c2)c1=O. The van der Waals surface area contributed by atoms with E-state index in [0.717, 1.165) is 22.3 Å². The molecule has 160 valence electrons. The summed E-state index contributed by atoms with van der Waals surface area (Å²) in [6, 6.07) is 24.9. The summed E-state index contributed by atoms with van der Waals surface area (Å²) >= 11 is 0. The lowest BCUT2D eigenvalue weighted by molar-refractivity contribution is 0.102. The molecule has 0 saturated carbocycles. The third-order valence-electron chi connectivity index (χ3n) is 5.27. The molecule has 3 aromatic carbocycles. The zero-order chi connectivity index (χ0) is 22.7. The smallest absolute Gasteiger partial charge is 0.280 e. The molecule has 1 N–H and O–H groups in total. The third kappa shape index (κ3) is 4.23. The Morgan fingerprint density at radius 1 is 0.875 bits per heavy atom. The third-order valence-corrected chi connectivity index (χ3v) is 5.27. The largest absolute Gasteiger partial charge is 0.322 e. The Bertz CT molecular complexity index is 1310. The summed E-state index contributed by atoms with van der Waals surface area (Å²) in [5.74, 6) is -0.444. The van der Waals surface area contributed by atoms with Crippen LogP contribution in [0.3, 0.4) is 0 Å². The van der Waals surface area contributed by atoms with Crippen LogP contribution in [0.5, 0.6) is 0 Å². The molecule has 0 unspecified atom stereocenters. The zero-order valence-corrected chi connectivity index (χ0v) is 18.4. The van der Waals surface area contributed by atoms with Crippen LogP contribution >= 0.6 is 0 Å². The number of rotatable bonds is 5. The Morgan fingerprint density at radius 2 is 1.44 bits per heavy atom. The highest BCUT2D eigenvalue weighted by molar-refractivity contribution is 6.10. The van der Waals surface area contributed by atoms with Crippen molar-refractivity contribution < 1.29 is 4.79 Å². The molecular weight excluding hydrogens is 398 g/mol. The number of nitrogens with zero attached hydrogens (tertiary/aromatic N) is 2. The highest BCUT2D eigenvalue weighted by Gasteiger charge is 2.25. The number of hydrogen-bond donors (Lipinski definition) is 1. The summed E-state index contributed by atoms with van der Waals surface area (Å²) in [5, 5.41) is 7.58. The van der Waals surface area contributed by atoms with Gasteiger partial charge in [0.2, 0.25) is 0 Å². The fourth-order valence-corrected chi connectivity index (χ4v) is 3.92. The normalized spacial score (nSPS) is 10.7. The summed E-state index contributed by atoms with van der Waals surface area (Å²) in [6.07, 6.45) is 0. The molecule has 1 aromatic heterocycles. The van der Waals surface area contributed by atoms with Gasteiger partial charge in [0.05, 0.1) is 5.69 Å². The minimum Gasteiger partial charge on any atom is -0.322 e. The number of nitrogens with one attached hydrogen (secondary N) is 1. The Labute approximate surface area is 187 Å². The van der Waals surface area contributed by atoms with E-state index in [1.54, 1.807) is 0 Å². The van der Waals surface area contributed by atoms with Crippen LogP contribution in [-0.4, -0.2) is 15.7 Å². The van der Waals surface area contributed by atoms with Crippen LogP contribution in [-0.2, 0) is 6.54 Å². The van der Waals surface area contributed by atoms with E-state index in [1.165, 1.54) is 4.68 Å². The molecule has 0 atom stereocenters. The maximum Gasteiger partial charge on any atom is 0.280 e. The molecular formula is C27H25N3O2. The van der Waals surface area contributed by atoms with Gasteiger partial charge in [-0.2, -0.15) is 5.10 Å². The van der Waals surface area contributed by atoms with Gasteiger partial charge < -0.3 is 5.32 Å². The van der Waals surface area contributed by atoms with Gasteiger partial charge in [0.1, 0.15) is 5.56 Å². The van der Waals surface area contributed by atoms with Gasteiger partial charge in [-0.1, -0.05) is 66.7 Å². The summed E-state index contributed by atoms with van der Waals surface area (Å²) in [5.41, 5.74) is 5.16. The predicted octanol–water partition coefficient (Wildman–Crippen LogP) is 5.47. The first-order valence-corrected chi connectivity index (χ1v) is 10.6. The first-order valence-electron chi connectivity index (χ1n) is 10.6. The lowest BCUT2D eigenvalue weighted by Gasteiger charge is -2.17. The van der Waals surface area contributed by atoms with Crippen LogP contribution in [0.1, 0.15) is 28.4 Å². The number of carbonyl (C=O) groups is 1. The van der Waals surface area contributed by atoms with Crippen molar-refractivity contribution in [1.82, 2.24) is 9.78 Å². The summed E-state index contributed by atoms with van der Waals surface area (Å²) in [6.45, 7) is 6.15. The van der Waals surface area contributed by atoms with Gasteiger partial charge >= 0.3 is 0 Å². The second-order valence-corrected chi connectivity index (χ2v) is 7.78. The molecule has 0 aliphatic heterocycles. The fraction of sp³-hybridized carbons (Fsp3) is 0.148. The standard InChI is InChI=1S/C27H25N3O2/c1-4-30-27(32)24(26(31)28-22-16-18(2)15-19(3)17-22)23(20-11-7-5-8-12-20)25(29-30)21-13-9-6-10-14-21/h5-17H,4H2,1-3H3,(H,28,31). The second kappa shape index (κ2) is 9.02. The molecule has 1 heterocycles. The highest BCUT2D eigenvalue weighted by atomic mass is 16.2. The molecule has 0 aliphatic rings. The van der Waals surface area contributed by atoms with E-state index < -0.39 is 11.5 Å². The predicted molar refractivity (Wildman–Crippen MR) is 129 cm³/mol. The van der Waals surface area contributed by atoms with Crippen LogP contribution in [0.25, 0.3) is 22.4 Å². The van der Waals surface area contributed by atoms with Crippen molar-refractivity contribution >= 4 is 11.6 Å². The molecule has 4 rings (SSSR count). The number of aromatic nitrogens is 2. The van der Waals surface area contributed by atoms with Crippen molar-refractivity contribution in [3.8, 4) is 22.4 Å². The van der Waals surface area contributed by atoms with Gasteiger partial charge in [0.15, 0.2) is 0 Å². The highest BCUT2D eigenvalue weighted by Crippen LogP contribution is 2.32. The van der Waals surface area contributed by atoms with E-state index in [-0.39, 0.29) is 5.56 Å². The lowest BCUT2D eigenvalue weighted by atomic mass is 9.95. The molecule has 0 fully saturated rings. The number of amides is 1. The van der Waals surface area contributed by atoms with Crippen LogP contribution in [0.2, 0.25) is 0 Å². The first kappa shape index (κ1) is 21.2. The Hall–Kier alpha value is -3.99. The van der Waals surface area contributed by atoms with Crippen molar-refractivity contribution in [3.05, 3.63) is 106 Å². The number of benzene rings is 3. The number of hydrogen-bond acceptors (Lipinski definition) is 3. The average Bonchev–Trinajstić information content (AvgIpc) is 2.79. The molecule has 0 spiro atoms. The summed E-state index contributed by atoms with van der Waals surface area (Å²) in [7, 11) is 0. The molecule has 1 amide bonds. The summed E-state index contributed by atoms with van der Waals surface area (Å²) < 4.78 is 1.35. The monoisotopic (exact) mass is 423 g/mol. The van der Waals surface area contributed by atoms with Crippen molar-refractivity contribution in [2.45, 2.75) is 27.3 Å². The molecule has 5 nitrogen and oxygen atoms in total. The number of anilines is 1. The van der Waals surface area contributed by atoms with Crippen LogP contribution in [0.4, 0.5) is 5.69 Å². The van der Waals surface area contributed by atoms with E-state index in [0.29, 0.717) is 23.5 Å². The lowest BCUT2D eigenvalue weighted by Crippen LogP contribution is -2.32. The van der Waals surface area contributed by atoms with Crippen LogP contribution < -0.4 is 10.9 Å². The van der Waals surface area contributed by atoms with E-state index in [2.05, 4.69) is 10.4 Å². The maximum atomic E-state index is 13.6. The van der Waals surface area contributed by atoms with E-state index >= 15 is 0 Å². The molecule has 0 aliphatic carbocycles. The van der Waals surface area contributed by atoms with Gasteiger partial charge in [-0.3, -0.25) is 9.59 Å². The van der Waals surface area contributed by atoms with Gasteiger partial charge in [-0.05, 0) is 49.6 Å². The second-order valence-electron chi connectivity index (χ2n) is 7.78. The van der Waals surface area contributed by atoms with Gasteiger partial charge in [-0.15, -0.1) is 0 Å². The van der Waals surface area contributed by atoms with Crippen molar-refractivity contribution in [2.75, 3.05) is 5.32 Å². The minimum atomic E-state index is -0.444. The van der Waals surface area contributed by atoms with Gasteiger partial charge in [0, 0.05) is 23.4 Å². The van der Waals surface area contributed by atoms with E-state index in [1.807, 2.05) is 99.6 Å². The van der Waals surface area contributed by atoms with Crippen molar-refractivity contribution in [2.24, 2.45) is 0 Å². The topological polar surface area (TPSA) is 64.0 Å². The maximum absolute atomic E-state index is 13.6. The quantitative estimate of drug-likeness (QED) is 0.463. The number of aryl methyl sites for hydroxylation is 3. The zero-order valence-electron chi connectivity index (χ0n) is 18.4. The molecule has 0 radical (unpaired) electrons. The molecule has 0 bridgehead atoms. The molecule has 5 heteroatoms. The average molecular weight is 424 g/mol. The van der Waals surface area contributed by atoms with Gasteiger partial charge in [-0.25, -0.2) is 4.68 Å². The van der Waals surface area contributed by atoms with Crippen molar-refractivity contribution in [1.29, 1.82) is 0 Å². The van der Waals surface area contributed by atoms with E-state index in [4.69, 9.17) is 0 Å². The van der Waals surface area contributed by atoms with Crippen LogP contribution in [0.15, 0.2) is 83.7 Å². The van der Waals surface area contributed by atoms with Crippen molar-refractivity contribution in [3.63, 3.8) is 0 Å². The Morgan fingerprint density at radius 3 is 2.00 bits per heavy atom. The van der Waals surface area contributed by atoms with Gasteiger partial charge in [0.25, 0.3) is 11.5 Å². The Balaban J connectivity index is 1.98. The fourth-order valence-electron chi connectivity index (χ4n) is 3.92. The number of carbonyl (C=O) groups excluding carboxylic acids is 1. The Kier molecular flexibility index (Phi) is 5.99. The first-order chi connectivity index (χ1) is 15.5. The summed E-state index contributed by atoms with van der Waals surface area (Å²) in [4.78, 5) is 26.9. The van der Waals surface area contributed by atoms with E-state index in [9.17, 15) is 9.59 Å².